The van der Waals surface area contributed by atoms with E-state index >= 15 is 0 Å². The van der Waals surface area contributed by atoms with E-state index in [9.17, 15) is 0 Å². The zero-order valence-electron chi connectivity index (χ0n) is 17.3. The van der Waals surface area contributed by atoms with E-state index in [4.69, 9.17) is 15.2 Å². The van der Waals surface area contributed by atoms with Gasteiger partial charge in [0.15, 0.2) is 11.5 Å². The number of benzene rings is 2. The molecule has 30 heavy (non-hydrogen) atoms. The SMILES string of the molecule is Nc1nc2ccccc2n1CCCCN1CCN(c2ccc3c(c2)OCCO3)CC1. The van der Waals surface area contributed by atoms with Crippen LogP contribution in [0.25, 0.3) is 11.0 Å². The first kappa shape index (κ1) is 19.1. The van der Waals surface area contributed by atoms with Crippen molar-refractivity contribution in [2.75, 3.05) is 56.6 Å². The van der Waals surface area contributed by atoms with Crippen molar-refractivity contribution in [3.63, 3.8) is 0 Å². The Kier molecular flexibility index (Phi) is 5.36. The van der Waals surface area contributed by atoms with Crippen LogP contribution >= 0.6 is 0 Å². The summed E-state index contributed by atoms with van der Waals surface area (Å²) in [6.45, 7) is 7.57. The monoisotopic (exact) mass is 407 g/mol. The van der Waals surface area contributed by atoms with Gasteiger partial charge in [-0.1, -0.05) is 12.1 Å². The van der Waals surface area contributed by atoms with Crippen molar-refractivity contribution in [1.82, 2.24) is 14.5 Å². The van der Waals surface area contributed by atoms with E-state index in [1.165, 1.54) is 5.69 Å². The Morgan fingerprint density at radius 2 is 1.63 bits per heavy atom. The van der Waals surface area contributed by atoms with Crippen molar-refractivity contribution >= 4 is 22.7 Å². The molecule has 3 heterocycles. The van der Waals surface area contributed by atoms with Crippen molar-refractivity contribution in [3.05, 3.63) is 42.5 Å². The predicted octanol–water partition coefficient (Wildman–Crippen LogP) is 2.99. The Morgan fingerprint density at radius 1 is 0.867 bits per heavy atom. The van der Waals surface area contributed by atoms with Gasteiger partial charge in [-0.25, -0.2) is 4.98 Å². The molecule has 0 spiro atoms. The summed E-state index contributed by atoms with van der Waals surface area (Å²) in [4.78, 5) is 9.45. The number of nitrogens with two attached hydrogens (primary N) is 1. The van der Waals surface area contributed by atoms with Crippen LogP contribution in [0.15, 0.2) is 42.5 Å². The van der Waals surface area contributed by atoms with Crippen LogP contribution < -0.4 is 20.1 Å². The molecular formula is C23H29N5O2. The van der Waals surface area contributed by atoms with Crippen molar-refractivity contribution in [2.45, 2.75) is 19.4 Å². The maximum atomic E-state index is 6.11. The van der Waals surface area contributed by atoms with Crippen LogP contribution in [0.4, 0.5) is 11.6 Å². The summed E-state index contributed by atoms with van der Waals surface area (Å²) in [7, 11) is 0. The van der Waals surface area contributed by atoms with Crippen LogP contribution in [0.2, 0.25) is 0 Å². The zero-order valence-corrected chi connectivity index (χ0v) is 17.3. The largest absolute Gasteiger partial charge is 0.486 e. The topological polar surface area (TPSA) is 68.8 Å². The fraction of sp³-hybridized carbons (Fsp3) is 0.435. The molecule has 7 heteroatoms. The Labute approximate surface area is 177 Å². The Balaban J connectivity index is 1.09. The van der Waals surface area contributed by atoms with Crippen LogP contribution in [0.5, 0.6) is 11.5 Å². The minimum absolute atomic E-state index is 0.615. The van der Waals surface area contributed by atoms with Gasteiger partial charge in [0.1, 0.15) is 13.2 Å². The summed E-state index contributed by atoms with van der Waals surface area (Å²) in [5, 5.41) is 0. The number of unbranched alkanes of at least 4 members (excludes halogenated alkanes) is 1. The lowest BCUT2D eigenvalue weighted by Crippen LogP contribution is -2.46. The van der Waals surface area contributed by atoms with Gasteiger partial charge >= 0.3 is 0 Å². The number of nitrogens with zero attached hydrogens (tertiary/aromatic N) is 4. The highest BCUT2D eigenvalue weighted by molar-refractivity contribution is 5.78. The summed E-state index contributed by atoms with van der Waals surface area (Å²) in [6, 6.07) is 14.4. The molecule has 5 rings (SSSR count). The highest BCUT2D eigenvalue weighted by Crippen LogP contribution is 2.34. The van der Waals surface area contributed by atoms with Crippen LogP contribution in [-0.2, 0) is 6.54 Å². The second-order valence-electron chi connectivity index (χ2n) is 7.97. The fourth-order valence-electron chi connectivity index (χ4n) is 4.39. The summed E-state index contributed by atoms with van der Waals surface area (Å²) in [6.07, 6.45) is 2.27. The molecule has 1 fully saturated rings. The molecule has 0 aliphatic carbocycles. The third kappa shape index (κ3) is 3.89. The maximum Gasteiger partial charge on any atom is 0.201 e. The van der Waals surface area contributed by atoms with E-state index in [-0.39, 0.29) is 0 Å². The molecule has 0 saturated carbocycles. The van der Waals surface area contributed by atoms with Crippen LogP contribution in [-0.4, -0.2) is 60.4 Å². The Hall–Kier alpha value is -2.93. The lowest BCUT2D eigenvalue weighted by Gasteiger charge is -2.36. The summed E-state index contributed by atoms with van der Waals surface area (Å²) >= 11 is 0. The quantitative estimate of drug-likeness (QED) is 0.634. The number of ether oxygens (including phenoxy) is 2. The van der Waals surface area contributed by atoms with E-state index in [0.29, 0.717) is 19.2 Å². The second kappa shape index (κ2) is 8.44. The third-order valence-corrected chi connectivity index (χ3v) is 6.05. The van der Waals surface area contributed by atoms with Crippen molar-refractivity contribution in [2.24, 2.45) is 0 Å². The number of imidazole rings is 1. The lowest BCUT2D eigenvalue weighted by molar-refractivity contribution is 0.171. The minimum Gasteiger partial charge on any atom is -0.486 e. The Bertz CT molecular complexity index is 1010. The van der Waals surface area contributed by atoms with Gasteiger partial charge in [-0.15, -0.1) is 0 Å². The number of para-hydroxylation sites is 2. The molecule has 7 nitrogen and oxygen atoms in total. The lowest BCUT2D eigenvalue weighted by atomic mass is 10.2. The number of piperazine rings is 1. The first-order chi connectivity index (χ1) is 14.8. The van der Waals surface area contributed by atoms with Crippen LogP contribution in [0, 0.1) is 0 Å². The first-order valence-electron chi connectivity index (χ1n) is 10.9. The first-order valence-corrected chi connectivity index (χ1v) is 10.9. The standard InChI is InChI=1S/C23H29N5O2/c24-23-25-19-5-1-2-6-20(19)28(23)10-4-3-9-26-11-13-27(14-12-26)18-7-8-21-22(17-18)30-16-15-29-21/h1-2,5-8,17H,3-4,9-16H2,(H2,24,25). The number of rotatable bonds is 6. The Morgan fingerprint density at radius 3 is 2.50 bits per heavy atom. The average molecular weight is 408 g/mol. The number of fused-ring (bicyclic) bond motifs is 2. The molecule has 0 bridgehead atoms. The van der Waals surface area contributed by atoms with Crippen molar-refractivity contribution in [3.8, 4) is 11.5 Å². The number of anilines is 2. The minimum atomic E-state index is 0.615. The molecule has 2 aliphatic heterocycles. The summed E-state index contributed by atoms with van der Waals surface area (Å²) in [5.74, 6) is 2.34. The van der Waals surface area contributed by atoms with Gasteiger partial charge in [0.2, 0.25) is 5.95 Å². The van der Waals surface area contributed by atoms with E-state index in [1.807, 2.05) is 24.3 Å². The van der Waals surface area contributed by atoms with Crippen LogP contribution in [0.3, 0.4) is 0 Å². The van der Waals surface area contributed by atoms with Gasteiger partial charge in [0.05, 0.1) is 11.0 Å². The number of aryl methyl sites for hydroxylation is 1. The molecule has 2 N–H and O–H groups in total. The van der Waals surface area contributed by atoms with Gasteiger partial charge in [-0.3, -0.25) is 4.90 Å². The normalized spacial score (nSPS) is 16.9. The molecule has 1 aromatic heterocycles. The molecule has 2 aliphatic rings. The van der Waals surface area contributed by atoms with Crippen molar-refractivity contribution < 1.29 is 9.47 Å². The summed E-state index contributed by atoms with van der Waals surface area (Å²) < 4.78 is 13.5. The van der Waals surface area contributed by atoms with Gasteiger partial charge in [-0.05, 0) is 43.7 Å². The third-order valence-electron chi connectivity index (χ3n) is 6.05. The fourth-order valence-corrected chi connectivity index (χ4v) is 4.39. The van der Waals surface area contributed by atoms with Crippen LogP contribution in [0.1, 0.15) is 12.8 Å². The molecule has 0 radical (unpaired) electrons. The van der Waals surface area contributed by atoms with E-state index in [0.717, 1.165) is 74.6 Å². The zero-order chi connectivity index (χ0) is 20.3. The number of hydrogen-bond donors (Lipinski definition) is 1. The molecule has 2 aromatic carbocycles. The smallest absolute Gasteiger partial charge is 0.201 e. The average Bonchev–Trinajstić information content (AvgIpc) is 3.12. The maximum absolute atomic E-state index is 6.11. The van der Waals surface area contributed by atoms with Gasteiger partial charge < -0.3 is 24.7 Å². The van der Waals surface area contributed by atoms with E-state index in [1.54, 1.807) is 0 Å². The number of hydrogen-bond acceptors (Lipinski definition) is 6. The molecule has 0 amide bonds. The predicted molar refractivity (Wildman–Crippen MR) is 119 cm³/mol. The van der Waals surface area contributed by atoms with Gasteiger partial charge in [0.25, 0.3) is 0 Å². The van der Waals surface area contributed by atoms with Gasteiger partial charge in [-0.2, -0.15) is 0 Å². The van der Waals surface area contributed by atoms with E-state index < -0.39 is 0 Å². The van der Waals surface area contributed by atoms with Gasteiger partial charge in [0, 0.05) is 44.5 Å². The summed E-state index contributed by atoms with van der Waals surface area (Å²) in [5.41, 5.74) is 9.44. The highest BCUT2D eigenvalue weighted by atomic mass is 16.6. The molecular weight excluding hydrogens is 378 g/mol. The van der Waals surface area contributed by atoms with E-state index in [2.05, 4.69) is 37.5 Å². The number of nitrogen functional groups attached to an aromatic ring is 1. The highest BCUT2D eigenvalue weighted by Gasteiger charge is 2.19. The number of aromatic nitrogens is 2. The molecule has 0 unspecified atom stereocenters. The molecule has 1 saturated heterocycles. The second-order valence-corrected chi connectivity index (χ2v) is 7.97. The molecule has 3 aromatic rings. The molecule has 158 valence electrons. The molecule has 0 atom stereocenters. The van der Waals surface area contributed by atoms with Crippen molar-refractivity contribution in [1.29, 1.82) is 0 Å².